The van der Waals surface area contributed by atoms with Gasteiger partial charge in [0.05, 0.1) is 16.7 Å². The van der Waals surface area contributed by atoms with Crippen molar-refractivity contribution >= 4 is 22.1 Å². The molecule has 1 atom stereocenters. The molecule has 1 unspecified atom stereocenters. The van der Waals surface area contributed by atoms with E-state index >= 15 is 0 Å². The molecule has 0 saturated carbocycles. The van der Waals surface area contributed by atoms with Crippen molar-refractivity contribution in [3.8, 4) is 0 Å². The van der Waals surface area contributed by atoms with E-state index in [0.717, 1.165) is 18.4 Å². The summed E-state index contributed by atoms with van der Waals surface area (Å²) in [6.07, 6.45) is -2.27. The summed E-state index contributed by atoms with van der Waals surface area (Å²) < 4.78 is 61.7. The van der Waals surface area contributed by atoms with E-state index in [0.29, 0.717) is 6.07 Å². The molecule has 0 fully saturated rings. The number of benzene rings is 1. The van der Waals surface area contributed by atoms with E-state index in [9.17, 15) is 26.7 Å². The number of aliphatic hydroxyl groups is 1. The molecule has 22 heavy (non-hydrogen) atoms. The van der Waals surface area contributed by atoms with Gasteiger partial charge in [0.15, 0.2) is 16.1 Å². The molecule has 1 N–H and O–H groups in total. The van der Waals surface area contributed by atoms with Crippen LogP contribution in [-0.4, -0.2) is 44.3 Å². The summed E-state index contributed by atoms with van der Waals surface area (Å²) in [5.74, 6) is 0. The van der Waals surface area contributed by atoms with Crippen LogP contribution in [0, 0.1) is 0 Å². The number of nitrogens with zero attached hydrogens (tertiary/aromatic N) is 2. The maximum absolute atomic E-state index is 12.7. The van der Waals surface area contributed by atoms with Crippen molar-refractivity contribution in [1.82, 2.24) is 5.01 Å². The molecule has 0 radical (unpaired) electrons. The quantitative estimate of drug-likeness (QED) is 0.894. The number of hydrogen-bond acceptors (Lipinski definition) is 5. The van der Waals surface area contributed by atoms with Gasteiger partial charge >= 0.3 is 6.18 Å². The van der Waals surface area contributed by atoms with Crippen LogP contribution in [0.3, 0.4) is 0 Å². The second-order valence-electron chi connectivity index (χ2n) is 4.86. The van der Waals surface area contributed by atoms with Crippen LogP contribution in [0.15, 0.2) is 33.8 Å². The minimum absolute atomic E-state index is 0.0614. The van der Waals surface area contributed by atoms with Crippen molar-refractivity contribution < 1.29 is 26.7 Å². The van der Waals surface area contributed by atoms with Gasteiger partial charge in [0.25, 0.3) is 0 Å². The first kappa shape index (κ1) is 16.5. The van der Waals surface area contributed by atoms with E-state index < -0.39 is 32.7 Å². The number of sulfone groups is 1. The Balaban J connectivity index is 2.58. The van der Waals surface area contributed by atoms with Crippen LogP contribution in [0.5, 0.6) is 0 Å². The Morgan fingerprint density at radius 2 is 2.00 bits per heavy atom. The summed E-state index contributed by atoms with van der Waals surface area (Å²) in [7, 11) is -2.37. The highest BCUT2D eigenvalue weighted by molar-refractivity contribution is 7.90. The molecule has 1 aromatic rings. The lowest BCUT2D eigenvalue weighted by molar-refractivity contribution is -0.137. The highest BCUT2D eigenvalue weighted by Crippen LogP contribution is 2.32. The summed E-state index contributed by atoms with van der Waals surface area (Å²) in [6.45, 7) is 0. The van der Waals surface area contributed by atoms with Gasteiger partial charge < -0.3 is 5.11 Å². The predicted molar refractivity (Wildman–Crippen MR) is 74.8 cm³/mol. The SMILES string of the molecule is CN1N=CC(=Cc2ccc(C(F)(F)F)cc2S(C)(=O)=O)C1O. The molecule has 0 aromatic heterocycles. The van der Waals surface area contributed by atoms with Crippen molar-refractivity contribution in [1.29, 1.82) is 0 Å². The van der Waals surface area contributed by atoms with Gasteiger partial charge in [0.2, 0.25) is 0 Å². The largest absolute Gasteiger partial charge is 0.416 e. The average molecular weight is 334 g/mol. The Morgan fingerprint density at radius 1 is 1.36 bits per heavy atom. The van der Waals surface area contributed by atoms with Crippen molar-refractivity contribution in [2.75, 3.05) is 13.3 Å². The number of aliphatic hydroxyl groups excluding tert-OH is 1. The van der Waals surface area contributed by atoms with Crippen LogP contribution >= 0.6 is 0 Å². The molecule has 1 aromatic carbocycles. The van der Waals surface area contributed by atoms with Crippen LogP contribution in [0.4, 0.5) is 13.2 Å². The van der Waals surface area contributed by atoms with Gasteiger partial charge in [-0.25, -0.2) is 8.42 Å². The van der Waals surface area contributed by atoms with E-state index in [-0.39, 0.29) is 11.1 Å². The molecule has 0 spiro atoms. The Morgan fingerprint density at radius 3 is 2.45 bits per heavy atom. The lowest BCUT2D eigenvalue weighted by Crippen LogP contribution is -2.23. The summed E-state index contributed by atoms with van der Waals surface area (Å²) in [5.41, 5.74) is -0.703. The number of rotatable bonds is 2. The van der Waals surface area contributed by atoms with Gasteiger partial charge in [0.1, 0.15) is 0 Å². The third-order valence-electron chi connectivity index (χ3n) is 3.10. The molecule has 2 rings (SSSR count). The van der Waals surface area contributed by atoms with Gasteiger partial charge in [-0.2, -0.15) is 18.3 Å². The molecular formula is C13H13F3N2O3S. The summed E-state index contributed by atoms with van der Waals surface area (Å²) >= 11 is 0. The molecule has 5 nitrogen and oxygen atoms in total. The lowest BCUT2D eigenvalue weighted by atomic mass is 10.1. The molecule has 0 amide bonds. The second-order valence-corrected chi connectivity index (χ2v) is 6.84. The number of hydrogen-bond donors (Lipinski definition) is 1. The summed E-state index contributed by atoms with van der Waals surface area (Å²) in [5, 5.41) is 14.8. The highest BCUT2D eigenvalue weighted by Gasteiger charge is 2.32. The molecule has 0 bridgehead atoms. The first-order valence-corrected chi connectivity index (χ1v) is 7.97. The number of alkyl halides is 3. The standard InChI is InChI=1S/C13H13F3N2O3S/c1-18-12(19)9(7-17-18)5-8-3-4-10(13(14,15)16)6-11(8)22(2,20)21/h3-7,12,19H,1-2H3. The van der Waals surface area contributed by atoms with Crippen LogP contribution < -0.4 is 0 Å². The zero-order chi connectivity index (χ0) is 16.7. The number of likely N-dealkylation sites (N-methyl/N-ethyl adjacent to an activating group) is 1. The lowest BCUT2D eigenvalue weighted by Gasteiger charge is -2.14. The van der Waals surface area contributed by atoms with Gasteiger partial charge in [-0.1, -0.05) is 6.07 Å². The van der Waals surface area contributed by atoms with Crippen LogP contribution in [-0.2, 0) is 16.0 Å². The van der Waals surface area contributed by atoms with Gasteiger partial charge in [-0.05, 0) is 23.8 Å². The zero-order valence-electron chi connectivity index (χ0n) is 11.7. The monoisotopic (exact) mass is 334 g/mol. The van der Waals surface area contributed by atoms with Crippen molar-refractivity contribution in [3.05, 3.63) is 34.9 Å². The van der Waals surface area contributed by atoms with Crippen molar-refractivity contribution in [2.45, 2.75) is 17.3 Å². The number of halogens is 3. The molecule has 1 heterocycles. The minimum atomic E-state index is -4.64. The van der Waals surface area contributed by atoms with Gasteiger partial charge in [-0.3, -0.25) is 5.01 Å². The normalized spacial score (nSPS) is 20.9. The van der Waals surface area contributed by atoms with E-state index in [2.05, 4.69) is 5.10 Å². The second kappa shape index (κ2) is 5.40. The molecule has 0 saturated heterocycles. The maximum atomic E-state index is 12.7. The smallest absolute Gasteiger partial charge is 0.368 e. The van der Waals surface area contributed by atoms with Crippen molar-refractivity contribution in [2.24, 2.45) is 5.10 Å². The average Bonchev–Trinajstić information content (AvgIpc) is 2.68. The summed E-state index contributed by atoms with van der Waals surface area (Å²) in [4.78, 5) is -0.454. The Bertz CT molecular complexity index is 754. The predicted octanol–water partition coefficient (Wildman–Crippen LogP) is 1.74. The third kappa shape index (κ3) is 3.30. The molecule has 0 aliphatic carbocycles. The summed E-state index contributed by atoms with van der Waals surface area (Å²) in [6, 6.07) is 2.44. The van der Waals surface area contributed by atoms with E-state index in [1.165, 1.54) is 24.3 Å². The van der Waals surface area contributed by atoms with Crippen LogP contribution in [0.2, 0.25) is 0 Å². The topological polar surface area (TPSA) is 70.0 Å². The fraction of sp³-hybridized carbons (Fsp3) is 0.308. The Labute approximate surface area is 125 Å². The minimum Gasteiger partial charge on any atom is -0.368 e. The molecule has 1 aliphatic heterocycles. The molecule has 9 heteroatoms. The molecular weight excluding hydrogens is 321 g/mol. The fourth-order valence-electron chi connectivity index (χ4n) is 1.95. The molecule has 1 aliphatic rings. The van der Waals surface area contributed by atoms with Gasteiger partial charge in [-0.15, -0.1) is 0 Å². The van der Waals surface area contributed by atoms with E-state index in [1.54, 1.807) is 0 Å². The Hall–Kier alpha value is -1.87. The van der Waals surface area contributed by atoms with E-state index in [1.807, 2.05) is 0 Å². The third-order valence-corrected chi connectivity index (χ3v) is 4.26. The number of hydrazone groups is 1. The Kier molecular flexibility index (Phi) is 4.05. The van der Waals surface area contributed by atoms with Crippen LogP contribution in [0.25, 0.3) is 6.08 Å². The van der Waals surface area contributed by atoms with E-state index in [4.69, 9.17) is 0 Å². The molecule has 120 valence electrons. The zero-order valence-corrected chi connectivity index (χ0v) is 12.5. The maximum Gasteiger partial charge on any atom is 0.416 e. The van der Waals surface area contributed by atoms with Crippen LogP contribution in [0.1, 0.15) is 11.1 Å². The first-order valence-electron chi connectivity index (χ1n) is 6.08. The fourth-order valence-corrected chi connectivity index (χ4v) is 2.84. The van der Waals surface area contributed by atoms with Crippen molar-refractivity contribution in [3.63, 3.8) is 0 Å². The van der Waals surface area contributed by atoms with Gasteiger partial charge in [0, 0.05) is 18.9 Å². The first-order chi connectivity index (χ1) is 10.00. The highest BCUT2D eigenvalue weighted by atomic mass is 32.2.